The molecule has 0 aliphatic carbocycles. The maximum absolute atomic E-state index is 9.80. The Balaban J connectivity index is 1.58. The summed E-state index contributed by atoms with van der Waals surface area (Å²) in [6.07, 6.45) is 4.16. The molecule has 0 fully saturated rings. The minimum absolute atomic E-state index is 0.0874. The molecule has 3 aromatic rings. The molecule has 120 valence electrons. The Morgan fingerprint density at radius 3 is 2.57 bits per heavy atom. The Morgan fingerprint density at radius 1 is 1.04 bits per heavy atom. The van der Waals surface area contributed by atoms with Crippen LogP contribution < -0.4 is 5.32 Å². The lowest BCUT2D eigenvalue weighted by Gasteiger charge is -2.29. The molecule has 1 heterocycles. The second-order valence-corrected chi connectivity index (χ2v) is 6.25. The Morgan fingerprint density at radius 2 is 1.78 bits per heavy atom. The van der Waals surface area contributed by atoms with Gasteiger partial charge in [-0.05, 0) is 43.5 Å². The first-order valence-corrected chi connectivity index (χ1v) is 8.19. The van der Waals surface area contributed by atoms with Crippen molar-refractivity contribution < 1.29 is 5.11 Å². The second kappa shape index (κ2) is 6.99. The lowest BCUT2D eigenvalue weighted by atomic mass is 9.92. The van der Waals surface area contributed by atoms with E-state index in [0.717, 1.165) is 24.9 Å². The van der Waals surface area contributed by atoms with Gasteiger partial charge in [-0.15, -0.1) is 0 Å². The molecule has 23 heavy (non-hydrogen) atoms. The first kappa shape index (κ1) is 15.8. The molecule has 0 aliphatic rings. The number of aromatic amines is 1. The van der Waals surface area contributed by atoms with E-state index in [1.807, 2.05) is 25.1 Å². The lowest BCUT2D eigenvalue weighted by molar-refractivity contribution is 0.175. The minimum atomic E-state index is -0.387. The third-order valence-corrected chi connectivity index (χ3v) is 4.54. The zero-order chi connectivity index (χ0) is 16.1. The normalized spacial score (nSPS) is 14.0. The van der Waals surface area contributed by atoms with Crippen LogP contribution in [0.1, 0.15) is 24.5 Å². The quantitative estimate of drug-likeness (QED) is 0.584. The third kappa shape index (κ3) is 3.46. The molecule has 0 radical (unpaired) electrons. The molecule has 0 spiro atoms. The summed E-state index contributed by atoms with van der Waals surface area (Å²) in [5, 5.41) is 14.6. The number of aliphatic hydroxyl groups is 1. The Labute approximate surface area is 137 Å². The standard InChI is InChI=1S/C20H24N2O/c1-20(15-23,17-9-3-2-4-10-17)22-13-7-8-16-14-21-19-12-6-5-11-18(16)19/h2-6,9-12,14,21-23H,7-8,13,15H2,1H3. The molecule has 3 rings (SSSR count). The van der Waals surface area contributed by atoms with Crippen LogP contribution in [-0.4, -0.2) is 23.2 Å². The van der Waals surface area contributed by atoms with E-state index >= 15 is 0 Å². The van der Waals surface area contributed by atoms with Gasteiger partial charge >= 0.3 is 0 Å². The van der Waals surface area contributed by atoms with Gasteiger partial charge in [0.25, 0.3) is 0 Å². The number of nitrogens with one attached hydrogen (secondary N) is 2. The summed E-state index contributed by atoms with van der Waals surface area (Å²) < 4.78 is 0. The van der Waals surface area contributed by atoms with Gasteiger partial charge in [0.1, 0.15) is 0 Å². The van der Waals surface area contributed by atoms with Crippen molar-refractivity contribution >= 4 is 10.9 Å². The highest BCUT2D eigenvalue weighted by Gasteiger charge is 2.24. The van der Waals surface area contributed by atoms with E-state index in [9.17, 15) is 5.11 Å². The molecular weight excluding hydrogens is 284 g/mol. The Bertz CT molecular complexity index is 750. The summed E-state index contributed by atoms with van der Waals surface area (Å²) in [4.78, 5) is 3.32. The number of hydrogen-bond acceptors (Lipinski definition) is 2. The molecule has 0 amide bonds. The molecule has 1 unspecified atom stereocenters. The van der Waals surface area contributed by atoms with Crippen molar-refractivity contribution in [2.75, 3.05) is 13.2 Å². The summed E-state index contributed by atoms with van der Waals surface area (Å²) >= 11 is 0. The summed E-state index contributed by atoms with van der Waals surface area (Å²) in [6.45, 7) is 3.00. The van der Waals surface area contributed by atoms with Crippen molar-refractivity contribution in [1.82, 2.24) is 10.3 Å². The van der Waals surface area contributed by atoms with Crippen LogP contribution in [-0.2, 0) is 12.0 Å². The van der Waals surface area contributed by atoms with Crippen molar-refractivity contribution in [3.63, 3.8) is 0 Å². The summed E-state index contributed by atoms with van der Waals surface area (Å²) in [5.74, 6) is 0. The lowest BCUT2D eigenvalue weighted by Crippen LogP contribution is -2.43. The molecule has 0 bridgehead atoms. The van der Waals surface area contributed by atoms with Crippen LogP contribution in [0.4, 0.5) is 0 Å². The number of aromatic nitrogens is 1. The highest BCUT2D eigenvalue weighted by atomic mass is 16.3. The monoisotopic (exact) mass is 308 g/mol. The van der Waals surface area contributed by atoms with Gasteiger partial charge in [-0.3, -0.25) is 0 Å². The molecule has 0 saturated carbocycles. The predicted molar refractivity (Wildman–Crippen MR) is 95.5 cm³/mol. The van der Waals surface area contributed by atoms with Gasteiger partial charge < -0.3 is 15.4 Å². The van der Waals surface area contributed by atoms with Crippen molar-refractivity contribution in [1.29, 1.82) is 0 Å². The first-order valence-electron chi connectivity index (χ1n) is 8.19. The average Bonchev–Trinajstić information content (AvgIpc) is 3.02. The van der Waals surface area contributed by atoms with Crippen molar-refractivity contribution in [3.05, 3.63) is 71.9 Å². The molecule has 3 N–H and O–H groups in total. The molecule has 3 heteroatoms. The van der Waals surface area contributed by atoms with Crippen molar-refractivity contribution in [2.24, 2.45) is 0 Å². The van der Waals surface area contributed by atoms with E-state index in [1.165, 1.54) is 16.5 Å². The fourth-order valence-corrected chi connectivity index (χ4v) is 3.04. The summed E-state index contributed by atoms with van der Waals surface area (Å²) in [5.41, 5.74) is 3.28. The zero-order valence-electron chi connectivity index (χ0n) is 13.5. The van der Waals surface area contributed by atoms with Gasteiger partial charge in [0.2, 0.25) is 0 Å². The smallest absolute Gasteiger partial charge is 0.0652 e. The van der Waals surface area contributed by atoms with Gasteiger partial charge in [0, 0.05) is 17.1 Å². The van der Waals surface area contributed by atoms with E-state index < -0.39 is 0 Å². The van der Waals surface area contributed by atoms with Gasteiger partial charge in [0.05, 0.1) is 12.1 Å². The van der Waals surface area contributed by atoms with Crippen LogP contribution in [0.3, 0.4) is 0 Å². The first-order chi connectivity index (χ1) is 11.2. The number of aryl methyl sites for hydroxylation is 1. The minimum Gasteiger partial charge on any atom is -0.394 e. The fraction of sp³-hybridized carbons (Fsp3) is 0.300. The average molecular weight is 308 g/mol. The largest absolute Gasteiger partial charge is 0.394 e. The molecule has 1 atom stereocenters. The molecule has 0 aliphatic heterocycles. The van der Waals surface area contributed by atoms with Crippen LogP contribution in [0.2, 0.25) is 0 Å². The van der Waals surface area contributed by atoms with Crippen LogP contribution in [0.5, 0.6) is 0 Å². The number of rotatable bonds is 7. The summed E-state index contributed by atoms with van der Waals surface area (Å²) in [7, 11) is 0. The maximum atomic E-state index is 9.80. The topological polar surface area (TPSA) is 48.0 Å². The van der Waals surface area contributed by atoms with Crippen LogP contribution in [0.15, 0.2) is 60.8 Å². The van der Waals surface area contributed by atoms with Crippen LogP contribution in [0, 0.1) is 0 Å². The molecule has 3 nitrogen and oxygen atoms in total. The third-order valence-electron chi connectivity index (χ3n) is 4.54. The second-order valence-electron chi connectivity index (χ2n) is 6.25. The van der Waals surface area contributed by atoms with Gasteiger partial charge in [-0.1, -0.05) is 48.5 Å². The number of para-hydroxylation sites is 1. The van der Waals surface area contributed by atoms with Crippen LogP contribution >= 0.6 is 0 Å². The molecule has 1 aromatic heterocycles. The van der Waals surface area contributed by atoms with E-state index in [-0.39, 0.29) is 12.1 Å². The van der Waals surface area contributed by atoms with Gasteiger partial charge in [-0.2, -0.15) is 0 Å². The van der Waals surface area contributed by atoms with Crippen molar-refractivity contribution in [3.8, 4) is 0 Å². The van der Waals surface area contributed by atoms with Crippen LogP contribution in [0.25, 0.3) is 10.9 Å². The Kier molecular flexibility index (Phi) is 4.79. The van der Waals surface area contributed by atoms with E-state index in [4.69, 9.17) is 0 Å². The number of H-pyrrole nitrogens is 1. The highest BCUT2D eigenvalue weighted by Crippen LogP contribution is 2.21. The maximum Gasteiger partial charge on any atom is 0.0652 e. The van der Waals surface area contributed by atoms with Gasteiger partial charge in [0.15, 0.2) is 0 Å². The predicted octanol–water partition coefficient (Wildman–Crippen LogP) is 3.60. The molecule has 2 aromatic carbocycles. The summed E-state index contributed by atoms with van der Waals surface area (Å²) in [6, 6.07) is 18.5. The van der Waals surface area contributed by atoms with Crippen molar-refractivity contribution in [2.45, 2.75) is 25.3 Å². The number of fused-ring (bicyclic) bond motifs is 1. The fourth-order valence-electron chi connectivity index (χ4n) is 3.04. The molecule has 0 saturated heterocycles. The number of hydrogen-bond donors (Lipinski definition) is 3. The molecular formula is C20H24N2O. The highest BCUT2D eigenvalue weighted by molar-refractivity contribution is 5.82. The Hall–Kier alpha value is -2.10. The van der Waals surface area contributed by atoms with Gasteiger partial charge in [-0.25, -0.2) is 0 Å². The van der Waals surface area contributed by atoms with E-state index in [1.54, 1.807) is 0 Å². The SMILES string of the molecule is CC(CO)(NCCCc1c[nH]c2ccccc12)c1ccccc1. The van der Waals surface area contributed by atoms with E-state index in [0.29, 0.717) is 0 Å². The number of aliphatic hydroxyl groups excluding tert-OH is 1. The van der Waals surface area contributed by atoms with E-state index in [2.05, 4.69) is 52.9 Å². The zero-order valence-corrected chi connectivity index (χ0v) is 13.5. The number of benzene rings is 2.